The molecule has 0 saturated carbocycles. The quantitative estimate of drug-likeness (QED) is 0.849. The van der Waals surface area contributed by atoms with Crippen LogP contribution in [0.2, 0.25) is 0 Å². The molecule has 6 heteroatoms. The van der Waals surface area contributed by atoms with Gasteiger partial charge in [0.2, 0.25) is 5.88 Å². The van der Waals surface area contributed by atoms with Crippen LogP contribution >= 0.6 is 31.9 Å². The van der Waals surface area contributed by atoms with Gasteiger partial charge in [-0.25, -0.2) is 9.67 Å². The van der Waals surface area contributed by atoms with Crippen LogP contribution in [0.4, 0.5) is 0 Å². The van der Waals surface area contributed by atoms with Crippen LogP contribution in [0.5, 0.6) is 5.88 Å². The van der Waals surface area contributed by atoms with E-state index in [0.29, 0.717) is 5.88 Å². The first-order valence-electron chi connectivity index (χ1n) is 4.12. The average Bonchev–Trinajstić information content (AvgIpc) is 2.58. The van der Waals surface area contributed by atoms with Crippen LogP contribution < -0.4 is 4.74 Å². The Morgan fingerprint density at radius 3 is 2.73 bits per heavy atom. The predicted octanol–water partition coefficient (Wildman–Crippen LogP) is 2.80. The molecule has 2 aromatic rings. The highest BCUT2D eigenvalue weighted by atomic mass is 79.9. The van der Waals surface area contributed by atoms with Crippen molar-refractivity contribution in [2.45, 2.75) is 0 Å². The Labute approximate surface area is 104 Å². The maximum Gasteiger partial charge on any atom is 0.215 e. The van der Waals surface area contributed by atoms with Crippen molar-refractivity contribution in [3.05, 3.63) is 33.6 Å². The van der Waals surface area contributed by atoms with Gasteiger partial charge in [-0.05, 0) is 37.9 Å². The Hall–Kier alpha value is -0.880. The molecule has 0 N–H and O–H groups in total. The lowest BCUT2D eigenvalue weighted by Crippen LogP contribution is -1.98. The number of halogens is 2. The summed E-state index contributed by atoms with van der Waals surface area (Å²) >= 11 is 6.72. The van der Waals surface area contributed by atoms with Crippen molar-refractivity contribution in [1.29, 1.82) is 0 Å². The fraction of sp³-hybridized carbons (Fsp3) is 0.111. The van der Waals surface area contributed by atoms with Gasteiger partial charge in [-0.3, -0.25) is 0 Å². The van der Waals surface area contributed by atoms with E-state index in [9.17, 15) is 0 Å². The van der Waals surface area contributed by atoms with Crippen LogP contribution in [-0.4, -0.2) is 21.9 Å². The molecule has 0 unspecified atom stereocenters. The molecule has 2 heterocycles. The maximum absolute atomic E-state index is 5.04. The first kappa shape index (κ1) is 10.6. The van der Waals surface area contributed by atoms with Crippen molar-refractivity contribution in [3.63, 3.8) is 0 Å². The fourth-order valence-corrected chi connectivity index (χ4v) is 2.34. The third-order valence-electron chi connectivity index (χ3n) is 1.81. The van der Waals surface area contributed by atoms with Gasteiger partial charge >= 0.3 is 0 Å². The van der Waals surface area contributed by atoms with E-state index in [1.54, 1.807) is 18.0 Å². The van der Waals surface area contributed by atoms with Gasteiger partial charge in [0.1, 0.15) is 9.21 Å². The van der Waals surface area contributed by atoms with Crippen LogP contribution in [0.1, 0.15) is 0 Å². The van der Waals surface area contributed by atoms with Crippen molar-refractivity contribution in [2.24, 2.45) is 0 Å². The molecule has 0 spiro atoms. The summed E-state index contributed by atoms with van der Waals surface area (Å²) in [4.78, 5) is 4.03. The van der Waals surface area contributed by atoms with E-state index in [-0.39, 0.29) is 0 Å². The maximum atomic E-state index is 5.04. The largest absolute Gasteiger partial charge is 0.481 e. The number of pyridine rings is 1. The molecule has 0 aliphatic rings. The standard InChI is InChI=1S/C9H7Br2N3O/c1-15-9-4-6(2-3-12-9)14-8(11)5-7(10)13-14/h2-5H,1H3. The molecular weight excluding hydrogens is 326 g/mol. The van der Waals surface area contributed by atoms with E-state index < -0.39 is 0 Å². The normalized spacial score (nSPS) is 10.3. The lowest BCUT2D eigenvalue weighted by molar-refractivity contribution is 0.397. The lowest BCUT2D eigenvalue weighted by Gasteiger charge is -2.04. The van der Waals surface area contributed by atoms with Crippen LogP contribution in [0.3, 0.4) is 0 Å². The van der Waals surface area contributed by atoms with Gasteiger partial charge in [0.15, 0.2) is 0 Å². The molecule has 0 atom stereocenters. The Balaban J connectivity index is 2.49. The van der Waals surface area contributed by atoms with Gasteiger partial charge in [-0.15, -0.1) is 0 Å². The minimum absolute atomic E-state index is 0.561. The minimum atomic E-state index is 0.561. The van der Waals surface area contributed by atoms with Gasteiger partial charge in [-0.2, -0.15) is 5.10 Å². The highest BCUT2D eigenvalue weighted by Crippen LogP contribution is 2.22. The monoisotopic (exact) mass is 331 g/mol. The third-order valence-corrected chi connectivity index (χ3v) is 2.76. The Kier molecular flexibility index (Phi) is 3.06. The summed E-state index contributed by atoms with van der Waals surface area (Å²) in [5.74, 6) is 0.561. The summed E-state index contributed by atoms with van der Waals surface area (Å²) in [7, 11) is 1.58. The number of rotatable bonds is 2. The number of methoxy groups -OCH3 is 1. The van der Waals surface area contributed by atoms with E-state index in [0.717, 1.165) is 14.9 Å². The van der Waals surface area contributed by atoms with Crippen molar-refractivity contribution >= 4 is 31.9 Å². The summed E-state index contributed by atoms with van der Waals surface area (Å²) in [5.41, 5.74) is 0.888. The number of hydrogen-bond donors (Lipinski definition) is 0. The van der Waals surface area contributed by atoms with E-state index in [2.05, 4.69) is 41.9 Å². The van der Waals surface area contributed by atoms with Crippen LogP contribution in [0.25, 0.3) is 5.69 Å². The molecule has 0 fully saturated rings. The number of nitrogens with zero attached hydrogens (tertiary/aromatic N) is 3. The second-order valence-electron chi connectivity index (χ2n) is 2.76. The molecule has 0 saturated heterocycles. The summed E-state index contributed by atoms with van der Waals surface area (Å²) in [6, 6.07) is 5.53. The molecule has 2 aromatic heterocycles. The smallest absolute Gasteiger partial charge is 0.215 e. The van der Waals surface area contributed by atoms with Gasteiger partial charge in [0.05, 0.1) is 12.8 Å². The molecule has 78 valence electrons. The van der Waals surface area contributed by atoms with Crippen LogP contribution in [-0.2, 0) is 0 Å². The molecule has 15 heavy (non-hydrogen) atoms. The van der Waals surface area contributed by atoms with Crippen LogP contribution in [0, 0.1) is 0 Å². The SMILES string of the molecule is COc1cc(-n2nc(Br)cc2Br)ccn1. The van der Waals surface area contributed by atoms with E-state index in [1.807, 2.05) is 18.2 Å². The summed E-state index contributed by atoms with van der Waals surface area (Å²) in [6.45, 7) is 0. The summed E-state index contributed by atoms with van der Waals surface area (Å²) in [6.07, 6.45) is 1.68. The molecule has 0 bridgehead atoms. The first-order chi connectivity index (χ1) is 7.20. The zero-order valence-electron chi connectivity index (χ0n) is 7.82. The molecule has 0 aliphatic carbocycles. The number of ether oxygens (including phenoxy) is 1. The Morgan fingerprint density at radius 1 is 1.33 bits per heavy atom. The van der Waals surface area contributed by atoms with Crippen molar-refractivity contribution in [2.75, 3.05) is 7.11 Å². The lowest BCUT2D eigenvalue weighted by atomic mass is 10.4. The number of hydrogen-bond acceptors (Lipinski definition) is 3. The molecular formula is C9H7Br2N3O. The molecule has 0 amide bonds. The minimum Gasteiger partial charge on any atom is -0.481 e. The molecule has 0 aliphatic heterocycles. The Morgan fingerprint density at radius 2 is 2.13 bits per heavy atom. The first-order valence-corrected chi connectivity index (χ1v) is 5.71. The zero-order valence-corrected chi connectivity index (χ0v) is 11.0. The predicted molar refractivity (Wildman–Crippen MR) is 63.3 cm³/mol. The molecule has 4 nitrogen and oxygen atoms in total. The van der Waals surface area contributed by atoms with E-state index in [4.69, 9.17) is 4.74 Å². The molecule has 2 rings (SSSR count). The van der Waals surface area contributed by atoms with Gasteiger partial charge < -0.3 is 4.74 Å². The fourth-order valence-electron chi connectivity index (χ4n) is 1.16. The van der Waals surface area contributed by atoms with Crippen molar-refractivity contribution in [1.82, 2.24) is 14.8 Å². The van der Waals surface area contributed by atoms with Gasteiger partial charge in [-0.1, -0.05) is 0 Å². The molecule has 0 radical (unpaired) electrons. The topological polar surface area (TPSA) is 39.9 Å². The highest BCUT2D eigenvalue weighted by molar-refractivity contribution is 9.11. The van der Waals surface area contributed by atoms with Gasteiger partial charge in [0.25, 0.3) is 0 Å². The van der Waals surface area contributed by atoms with Crippen molar-refractivity contribution in [3.8, 4) is 11.6 Å². The van der Waals surface area contributed by atoms with E-state index >= 15 is 0 Å². The average molecular weight is 333 g/mol. The zero-order chi connectivity index (χ0) is 10.8. The van der Waals surface area contributed by atoms with Crippen molar-refractivity contribution < 1.29 is 4.74 Å². The Bertz CT molecular complexity index is 484. The van der Waals surface area contributed by atoms with Crippen LogP contribution in [0.15, 0.2) is 33.6 Å². The third kappa shape index (κ3) is 2.21. The van der Waals surface area contributed by atoms with Gasteiger partial charge in [0, 0.05) is 18.3 Å². The second-order valence-corrected chi connectivity index (χ2v) is 4.38. The molecule has 0 aromatic carbocycles. The van der Waals surface area contributed by atoms with E-state index in [1.165, 1.54) is 0 Å². The number of aromatic nitrogens is 3. The second kappa shape index (κ2) is 4.32. The highest BCUT2D eigenvalue weighted by Gasteiger charge is 2.06. The summed E-state index contributed by atoms with van der Waals surface area (Å²) in [5, 5.41) is 4.26. The summed E-state index contributed by atoms with van der Waals surface area (Å²) < 4.78 is 8.42.